The number of ether oxygens (including phenoxy) is 1. The van der Waals surface area contributed by atoms with Crippen molar-refractivity contribution in [1.29, 1.82) is 0 Å². The number of nitrogens with zero attached hydrogens (tertiary/aromatic N) is 1. The fourth-order valence-electron chi connectivity index (χ4n) is 3.06. The minimum Gasteiger partial charge on any atom is -0.368 e. The summed E-state index contributed by atoms with van der Waals surface area (Å²) in [5.41, 5.74) is 1.92. The number of H-pyrrole nitrogens is 1. The molecule has 0 radical (unpaired) electrons. The monoisotopic (exact) mass is 458 g/mol. The fraction of sp³-hybridized carbons (Fsp3) is 0.211. The van der Waals surface area contributed by atoms with Gasteiger partial charge in [-0.05, 0) is 35.4 Å². The maximum absolute atomic E-state index is 6.30. The number of hydrogen-bond donors (Lipinski definition) is 1. The van der Waals surface area contributed by atoms with Gasteiger partial charge in [-0.1, -0.05) is 52.5 Å². The first-order valence-corrected chi connectivity index (χ1v) is 10.6. The topological polar surface area (TPSA) is 37.9 Å². The molecule has 0 spiro atoms. The van der Waals surface area contributed by atoms with E-state index in [1.807, 2.05) is 24.4 Å². The lowest BCUT2D eigenvalue weighted by Gasteiger charge is -2.20. The first-order chi connectivity index (χ1) is 13.0. The predicted octanol–water partition coefficient (Wildman–Crippen LogP) is 7.00. The first kappa shape index (κ1) is 19.4. The lowest BCUT2D eigenvalue weighted by atomic mass is 10.0. The largest absolute Gasteiger partial charge is 0.368 e. The number of fused-ring (bicyclic) bond motifs is 1. The van der Waals surface area contributed by atoms with Gasteiger partial charge in [-0.2, -0.15) is 0 Å². The number of nitrogens with one attached hydrogen (secondary N) is 1. The number of thioether (sulfide) groups is 1. The molecule has 4 rings (SSSR count). The number of aromatic nitrogens is 2. The highest BCUT2D eigenvalue weighted by Gasteiger charge is 2.35. The first-order valence-electron chi connectivity index (χ1n) is 8.20. The third-order valence-corrected chi connectivity index (χ3v) is 6.99. The van der Waals surface area contributed by atoms with Crippen molar-refractivity contribution in [2.24, 2.45) is 0 Å². The summed E-state index contributed by atoms with van der Waals surface area (Å²) in [6.45, 7) is 0.371. The molecule has 2 heterocycles. The van der Waals surface area contributed by atoms with Gasteiger partial charge >= 0.3 is 0 Å². The Bertz CT molecular complexity index is 965. The van der Waals surface area contributed by atoms with Crippen molar-refractivity contribution in [3.8, 4) is 0 Å². The molecule has 1 aliphatic rings. The summed E-state index contributed by atoms with van der Waals surface area (Å²) in [4.78, 5) is 8.57. The third-order valence-electron chi connectivity index (χ3n) is 4.36. The molecule has 2 aromatic carbocycles. The van der Waals surface area contributed by atoms with Gasteiger partial charge in [0.15, 0.2) is 0 Å². The van der Waals surface area contributed by atoms with Crippen LogP contribution in [0.25, 0.3) is 0 Å². The molecule has 3 aromatic rings. The molecule has 0 unspecified atom stereocenters. The number of aromatic amines is 1. The van der Waals surface area contributed by atoms with Gasteiger partial charge in [-0.25, -0.2) is 4.98 Å². The Hall–Kier alpha value is -0.880. The van der Waals surface area contributed by atoms with Crippen molar-refractivity contribution in [1.82, 2.24) is 9.97 Å². The average molecular weight is 460 g/mol. The zero-order chi connectivity index (χ0) is 19.0. The van der Waals surface area contributed by atoms with Crippen LogP contribution in [0.15, 0.2) is 47.6 Å². The summed E-state index contributed by atoms with van der Waals surface area (Å²) in [6.07, 6.45) is 4.15. The minimum atomic E-state index is -0.156. The molecule has 1 aliphatic heterocycles. The van der Waals surface area contributed by atoms with Crippen molar-refractivity contribution in [3.05, 3.63) is 79.8 Å². The Balaban J connectivity index is 1.60. The van der Waals surface area contributed by atoms with Crippen LogP contribution in [-0.4, -0.2) is 15.2 Å². The fourth-order valence-corrected chi connectivity index (χ4v) is 5.33. The highest BCUT2D eigenvalue weighted by atomic mass is 35.5. The van der Waals surface area contributed by atoms with E-state index in [4.69, 9.17) is 51.1 Å². The summed E-state index contributed by atoms with van der Waals surface area (Å²) in [7, 11) is 0. The molecule has 1 N–H and O–H groups in total. The normalized spacial score (nSPS) is 18.7. The van der Waals surface area contributed by atoms with Crippen LogP contribution in [-0.2, 0) is 17.8 Å². The molecule has 0 aliphatic carbocycles. The van der Waals surface area contributed by atoms with Gasteiger partial charge in [-0.3, -0.25) is 0 Å². The molecule has 3 nitrogen and oxygen atoms in total. The molecule has 0 fully saturated rings. The lowest BCUT2D eigenvalue weighted by molar-refractivity contribution is 0.0392. The van der Waals surface area contributed by atoms with Crippen LogP contribution in [0.4, 0.5) is 0 Å². The maximum Gasteiger partial charge on any atom is 0.107 e. The SMILES string of the molecule is Clc1ccc(CO[C@H]2c3cc(Cl)c(Cl)cc3S[C@H]2Cc2ncc[nH]2)c(Cl)c1. The standard InChI is InChI=1S/C19H14Cl4N2OS/c20-11-2-1-10(13(21)5-11)9-26-19-12-6-14(22)15(23)7-16(12)27-17(19)8-18-24-3-4-25-18/h1-7,17,19H,8-9H2,(H,24,25)/t17-,19-/m0/s1. The molecule has 140 valence electrons. The molecule has 1 aromatic heterocycles. The second-order valence-electron chi connectivity index (χ2n) is 6.17. The third kappa shape index (κ3) is 4.26. The lowest BCUT2D eigenvalue weighted by Crippen LogP contribution is -2.17. The second kappa shape index (κ2) is 8.24. The van der Waals surface area contributed by atoms with Crippen LogP contribution in [0.2, 0.25) is 20.1 Å². The molecular formula is C19H14Cl4N2OS. The zero-order valence-electron chi connectivity index (χ0n) is 13.9. The van der Waals surface area contributed by atoms with E-state index in [0.717, 1.165) is 28.3 Å². The number of imidazole rings is 1. The van der Waals surface area contributed by atoms with Crippen LogP contribution in [0, 0.1) is 0 Å². The summed E-state index contributed by atoms with van der Waals surface area (Å²) < 4.78 is 6.30. The van der Waals surface area contributed by atoms with Gasteiger partial charge in [0.05, 0.1) is 22.8 Å². The van der Waals surface area contributed by atoms with E-state index < -0.39 is 0 Å². The maximum atomic E-state index is 6.30. The molecule has 0 amide bonds. The van der Waals surface area contributed by atoms with E-state index in [9.17, 15) is 0 Å². The van der Waals surface area contributed by atoms with Crippen molar-refractivity contribution in [2.45, 2.75) is 29.3 Å². The van der Waals surface area contributed by atoms with Crippen LogP contribution >= 0.6 is 58.2 Å². The summed E-state index contributed by atoms with van der Waals surface area (Å²) in [5, 5.41) is 2.40. The number of halogens is 4. The number of benzene rings is 2. The average Bonchev–Trinajstić information content (AvgIpc) is 3.23. The van der Waals surface area contributed by atoms with Crippen LogP contribution in [0.1, 0.15) is 23.1 Å². The Kier molecular flexibility index (Phi) is 5.93. The zero-order valence-corrected chi connectivity index (χ0v) is 17.7. The molecular weight excluding hydrogens is 446 g/mol. The summed E-state index contributed by atoms with van der Waals surface area (Å²) >= 11 is 26.5. The molecule has 0 saturated heterocycles. The van der Waals surface area contributed by atoms with Gasteiger partial charge in [0.2, 0.25) is 0 Å². The highest BCUT2D eigenvalue weighted by Crippen LogP contribution is 2.49. The van der Waals surface area contributed by atoms with E-state index >= 15 is 0 Å². The van der Waals surface area contributed by atoms with Crippen LogP contribution in [0.5, 0.6) is 0 Å². The summed E-state index contributed by atoms with van der Waals surface area (Å²) in [6, 6.07) is 9.20. The smallest absolute Gasteiger partial charge is 0.107 e. The van der Waals surface area contributed by atoms with E-state index in [-0.39, 0.29) is 11.4 Å². The molecule has 0 bridgehead atoms. The molecule has 8 heteroatoms. The van der Waals surface area contributed by atoms with E-state index in [1.165, 1.54) is 0 Å². The van der Waals surface area contributed by atoms with Crippen LogP contribution < -0.4 is 0 Å². The molecule has 2 atom stereocenters. The predicted molar refractivity (Wildman–Crippen MR) is 112 cm³/mol. The summed E-state index contributed by atoms with van der Waals surface area (Å²) in [5.74, 6) is 0.913. The second-order valence-corrected chi connectivity index (χ2v) is 9.11. The van der Waals surface area contributed by atoms with Crippen molar-refractivity contribution >= 4 is 58.2 Å². The van der Waals surface area contributed by atoms with Crippen molar-refractivity contribution in [2.75, 3.05) is 0 Å². The Labute approximate surface area is 181 Å². The van der Waals surface area contributed by atoms with Crippen molar-refractivity contribution in [3.63, 3.8) is 0 Å². The van der Waals surface area contributed by atoms with E-state index in [2.05, 4.69) is 9.97 Å². The van der Waals surface area contributed by atoms with Gasteiger partial charge in [0.25, 0.3) is 0 Å². The van der Waals surface area contributed by atoms with Crippen molar-refractivity contribution < 1.29 is 4.74 Å². The Morgan fingerprint density at radius 1 is 1.04 bits per heavy atom. The number of hydrogen-bond acceptors (Lipinski definition) is 3. The van der Waals surface area contributed by atoms with E-state index in [0.29, 0.717) is 26.7 Å². The quantitative estimate of drug-likeness (QED) is 0.446. The number of rotatable bonds is 5. The molecule has 27 heavy (non-hydrogen) atoms. The minimum absolute atomic E-state index is 0.145. The Morgan fingerprint density at radius 3 is 2.59 bits per heavy atom. The van der Waals surface area contributed by atoms with Gasteiger partial charge in [-0.15, -0.1) is 11.8 Å². The molecule has 0 saturated carbocycles. The van der Waals surface area contributed by atoms with Gasteiger partial charge in [0.1, 0.15) is 5.82 Å². The highest BCUT2D eigenvalue weighted by molar-refractivity contribution is 8.00. The van der Waals surface area contributed by atoms with E-state index in [1.54, 1.807) is 30.1 Å². The van der Waals surface area contributed by atoms with Gasteiger partial charge < -0.3 is 9.72 Å². The van der Waals surface area contributed by atoms with Crippen LogP contribution in [0.3, 0.4) is 0 Å². The Morgan fingerprint density at radius 2 is 1.85 bits per heavy atom. The van der Waals surface area contributed by atoms with Gasteiger partial charge in [0, 0.05) is 39.0 Å².